The normalized spacial score (nSPS) is 18.2. The van der Waals surface area contributed by atoms with Crippen LogP contribution in [0.5, 0.6) is 0 Å². The molecule has 0 radical (unpaired) electrons. The van der Waals surface area contributed by atoms with Crippen LogP contribution in [0.2, 0.25) is 0 Å². The van der Waals surface area contributed by atoms with Gasteiger partial charge in [0, 0.05) is 17.3 Å². The first-order chi connectivity index (χ1) is 8.31. The smallest absolute Gasteiger partial charge is 0.323 e. The standard InChI is InChI=1S/C13H23N3O/c14-9-5-8-11-12(16-13(17)15-11)10-6-3-1-2-4-7-10/h10H,1-9,14H2,(H2,15,16,17). The van der Waals surface area contributed by atoms with E-state index in [1.165, 1.54) is 38.5 Å². The third-order valence-corrected chi connectivity index (χ3v) is 3.73. The fraction of sp³-hybridized carbons (Fsp3) is 0.769. The van der Waals surface area contributed by atoms with Crippen molar-refractivity contribution in [2.75, 3.05) is 6.54 Å². The van der Waals surface area contributed by atoms with Crippen LogP contribution in [-0.2, 0) is 6.42 Å². The second kappa shape index (κ2) is 6.05. The summed E-state index contributed by atoms with van der Waals surface area (Å²) in [6.07, 6.45) is 9.50. The molecule has 1 aliphatic carbocycles. The summed E-state index contributed by atoms with van der Waals surface area (Å²) in [7, 11) is 0. The van der Waals surface area contributed by atoms with Crippen LogP contribution in [0.3, 0.4) is 0 Å². The van der Waals surface area contributed by atoms with E-state index in [9.17, 15) is 4.79 Å². The van der Waals surface area contributed by atoms with Crippen LogP contribution in [0, 0.1) is 0 Å². The van der Waals surface area contributed by atoms with Gasteiger partial charge in [0.25, 0.3) is 0 Å². The largest absolute Gasteiger partial charge is 0.330 e. The van der Waals surface area contributed by atoms with E-state index in [-0.39, 0.29) is 5.69 Å². The molecule has 17 heavy (non-hydrogen) atoms. The van der Waals surface area contributed by atoms with Crippen LogP contribution in [0.25, 0.3) is 0 Å². The van der Waals surface area contributed by atoms with Crippen molar-refractivity contribution < 1.29 is 0 Å². The summed E-state index contributed by atoms with van der Waals surface area (Å²) >= 11 is 0. The van der Waals surface area contributed by atoms with Crippen molar-refractivity contribution in [1.82, 2.24) is 9.97 Å². The molecule has 1 fully saturated rings. The van der Waals surface area contributed by atoms with Gasteiger partial charge in [0.1, 0.15) is 0 Å². The Balaban J connectivity index is 2.14. The second-order valence-corrected chi connectivity index (χ2v) is 5.05. The van der Waals surface area contributed by atoms with E-state index in [0.29, 0.717) is 12.5 Å². The van der Waals surface area contributed by atoms with Crippen LogP contribution in [-0.4, -0.2) is 16.5 Å². The number of aromatic nitrogens is 2. The summed E-state index contributed by atoms with van der Waals surface area (Å²) in [4.78, 5) is 17.4. The highest BCUT2D eigenvalue weighted by Crippen LogP contribution is 2.31. The highest BCUT2D eigenvalue weighted by Gasteiger charge is 2.19. The molecule has 0 unspecified atom stereocenters. The zero-order valence-corrected chi connectivity index (χ0v) is 10.4. The van der Waals surface area contributed by atoms with Gasteiger partial charge in [0.05, 0.1) is 0 Å². The predicted octanol–water partition coefficient (Wildman–Crippen LogP) is 2.03. The topological polar surface area (TPSA) is 74.7 Å². The van der Waals surface area contributed by atoms with Crippen LogP contribution in [0.4, 0.5) is 0 Å². The van der Waals surface area contributed by atoms with Crippen LogP contribution < -0.4 is 11.4 Å². The Morgan fingerprint density at radius 3 is 2.47 bits per heavy atom. The lowest BCUT2D eigenvalue weighted by Crippen LogP contribution is -2.05. The van der Waals surface area contributed by atoms with Gasteiger partial charge < -0.3 is 15.7 Å². The molecule has 1 aromatic heterocycles. The highest BCUT2D eigenvalue weighted by atomic mass is 16.1. The minimum atomic E-state index is -0.0590. The van der Waals surface area contributed by atoms with Crippen LogP contribution >= 0.6 is 0 Å². The fourth-order valence-corrected chi connectivity index (χ4v) is 2.83. The number of hydrogen-bond acceptors (Lipinski definition) is 2. The van der Waals surface area contributed by atoms with Gasteiger partial charge in [0.2, 0.25) is 0 Å². The molecular formula is C13H23N3O. The molecule has 0 amide bonds. The van der Waals surface area contributed by atoms with Gasteiger partial charge in [0.15, 0.2) is 0 Å². The van der Waals surface area contributed by atoms with Gasteiger partial charge in [-0.3, -0.25) is 0 Å². The maximum atomic E-state index is 11.5. The van der Waals surface area contributed by atoms with E-state index in [1.807, 2.05) is 0 Å². The molecule has 0 bridgehead atoms. The van der Waals surface area contributed by atoms with Gasteiger partial charge >= 0.3 is 5.69 Å². The molecule has 0 aromatic carbocycles. The first-order valence-electron chi connectivity index (χ1n) is 6.82. The van der Waals surface area contributed by atoms with E-state index >= 15 is 0 Å². The number of nitrogens with one attached hydrogen (secondary N) is 2. The van der Waals surface area contributed by atoms with Gasteiger partial charge in [-0.15, -0.1) is 0 Å². The van der Waals surface area contributed by atoms with Gasteiger partial charge in [-0.25, -0.2) is 4.79 Å². The molecule has 2 rings (SSSR count). The average molecular weight is 237 g/mol. The minimum absolute atomic E-state index is 0.0590. The molecule has 4 heteroatoms. The molecule has 96 valence electrons. The number of aromatic amines is 2. The third-order valence-electron chi connectivity index (χ3n) is 3.73. The quantitative estimate of drug-likeness (QED) is 0.701. The molecule has 0 atom stereocenters. The lowest BCUT2D eigenvalue weighted by molar-refractivity contribution is 0.572. The number of rotatable bonds is 4. The Hall–Kier alpha value is -1.03. The molecular weight excluding hydrogens is 214 g/mol. The van der Waals surface area contributed by atoms with Crippen molar-refractivity contribution in [1.29, 1.82) is 0 Å². The van der Waals surface area contributed by atoms with Gasteiger partial charge in [-0.05, 0) is 32.2 Å². The Morgan fingerprint density at radius 2 is 1.82 bits per heavy atom. The first-order valence-corrected chi connectivity index (χ1v) is 6.82. The number of H-pyrrole nitrogens is 2. The summed E-state index contributed by atoms with van der Waals surface area (Å²) in [5, 5.41) is 0. The maximum absolute atomic E-state index is 11.5. The van der Waals surface area contributed by atoms with Crippen molar-refractivity contribution in [2.24, 2.45) is 5.73 Å². The summed E-state index contributed by atoms with van der Waals surface area (Å²) in [5.74, 6) is 0.546. The highest BCUT2D eigenvalue weighted by molar-refractivity contribution is 5.17. The Labute approximate surface area is 102 Å². The van der Waals surface area contributed by atoms with Crippen LogP contribution in [0.1, 0.15) is 62.3 Å². The van der Waals surface area contributed by atoms with Gasteiger partial charge in [-0.2, -0.15) is 0 Å². The van der Waals surface area contributed by atoms with Crippen molar-refractivity contribution >= 4 is 0 Å². The van der Waals surface area contributed by atoms with Gasteiger partial charge in [-0.1, -0.05) is 25.7 Å². The van der Waals surface area contributed by atoms with E-state index in [1.54, 1.807) is 0 Å². The first kappa shape index (κ1) is 12.4. The van der Waals surface area contributed by atoms with E-state index < -0.39 is 0 Å². The van der Waals surface area contributed by atoms with E-state index in [4.69, 9.17) is 5.73 Å². The third kappa shape index (κ3) is 3.22. The molecule has 1 saturated carbocycles. The summed E-state index contributed by atoms with van der Waals surface area (Å²) in [5.41, 5.74) is 7.72. The van der Waals surface area contributed by atoms with E-state index in [0.717, 1.165) is 24.2 Å². The van der Waals surface area contributed by atoms with Crippen LogP contribution in [0.15, 0.2) is 4.79 Å². The number of aryl methyl sites for hydroxylation is 1. The van der Waals surface area contributed by atoms with Crippen molar-refractivity contribution in [3.63, 3.8) is 0 Å². The zero-order valence-electron chi connectivity index (χ0n) is 10.4. The lowest BCUT2D eigenvalue weighted by Gasteiger charge is -2.14. The Morgan fingerprint density at radius 1 is 1.12 bits per heavy atom. The second-order valence-electron chi connectivity index (χ2n) is 5.05. The molecule has 0 saturated heterocycles. The Bertz CT molecular complexity index is 386. The Kier molecular flexibility index (Phi) is 4.42. The number of imidazole rings is 1. The monoisotopic (exact) mass is 237 g/mol. The maximum Gasteiger partial charge on any atom is 0.323 e. The molecule has 1 aromatic rings. The summed E-state index contributed by atoms with van der Waals surface area (Å²) < 4.78 is 0. The molecule has 1 aliphatic rings. The van der Waals surface area contributed by atoms with Crippen molar-refractivity contribution in [3.8, 4) is 0 Å². The molecule has 1 heterocycles. The van der Waals surface area contributed by atoms with E-state index in [2.05, 4.69) is 9.97 Å². The number of nitrogens with two attached hydrogens (primary N) is 1. The lowest BCUT2D eigenvalue weighted by atomic mass is 9.94. The van der Waals surface area contributed by atoms with Crippen molar-refractivity contribution in [2.45, 2.75) is 57.3 Å². The molecule has 4 nitrogen and oxygen atoms in total. The molecule has 0 spiro atoms. The molecule has 0 aliphatic heterocycles. The van der Waals surface area contributed by atoms with Crippen molar-refractivity contribution in [3.05, 3.63) is 21.9 Å². The fourth-order valence-electron chi connectivity index (χ4n) is 2.83. The average Bonchev–Trinajstić information content (AvgIpc) is 2.56. The minimum Gasteiger partial charge on any atom is -0.330 e. The number of hydrogen-bond donors (Lipinski definition) is 3. The SMILES string of the molecule is NCCCc1[nH]c(=O)[nH]c1C1CCCCCC1. The molecule has 4 N–H and O–H groups in total. The summed E-state index contributed by atoms with van der Waals surface area (Å²) in [6.45, 7) is 0.678. The predicted molar refractivity (Wildman–Crippen MR) is 69.2 cm³/mol. The zero-order chi connectivity index (χ0) is 12.1. The summed E-state index contributed by atoms with van der Waals surface area (Å²) in [6, 6.07) is 0.